The van der Waals surface area contributed by atoms with Gasteiger partial charge in [-0.15, -0.1) is 11.6 Å². The lowest BCUT2D eigenvalue weighted by Gasteiger charge is -2.13. The number of benzene rings is 2. The first-order valence-corrected chi connectivity index (χ1v) is 6.49. The minimum Gasteiger partial charge on any atom is -0.508 e. The average molecular weight is 292 g/mol. The van der Waals surface area contributed by atoms with Gasteiger partial charge < -0.3 is 15.5 Å². The topological polar surface area (TPSA) is 69.6 Å². The molecular formula is C15H14ClNO3. The molecule has 0 aromatic heterocycles. The van der Waals surface area contributed by atoms with Crippen LogP contribution in [-0.4, -0.2) is 16.1 Å². The Balaban J connectivity index is 2.28. The molecule has 0 spiro atoms. The number of anilines is 1. The molecule has 0 aliphatic heterocycles. The Morgan fingerprint density at radius 2 is 1.90 bits per heavy atom. The third kappa shape index (κ3) is 3.03. The highest BCUT2D eigenvalue weighted by molar-refractivity contribution is 6.21. The molecule has 0 saturated heterocycles. The van der Waals surface area contributed by atoms with Crippen LogP contribution in [0.3, 0.4) is 0 Å². The normalized spacial score (nSPS) is 11.9. The number of rotatable bonds is 3. The van der Waals surface area contributed by atoms with E-state index >= 15 is 0 Å². The largest absolute Gasteiger partial charge is 0.508 e. The quantitative estimate of drug-likeness (QED) is 0.756. The van der Waals surface area contributed by atoms with Gasteiger partial charge in [0.05, 0.1) is 10.9 Å². The highest BCUT2D eigenvalue weighted by Gasteiger charge is 2.14. The van der Waals surface area contributed by atoms with E-state index in [2.05, 4.69) is 5.32 Å². The third-order valence-electron chi connectivity index (χ3n) is 2.86. The Morgan fingerprint density at radius 1 is 1.20 bits per heavy atom. The zero-order valence-corrected chi connectivity index (χ0v) is 11.6. The van der Waals surface area contributed by atoms with Crippen molar-refractivity contribution in [3.63, 3.8) is 0 Å². The van der Waals surface area contributed by atoms with Crippen LogP contribution < -0.4 is 5.32 Å². The van der Waals surface area contributed by atoms with Gasteiger partial charge in [0.1, 0.15) is 11.5 Å². The lowest BCUT2D eigenvalue weighted by molar-refractivity contribution is 0.102. The molecule has 20 heavy (non-hydrogen) atoms. The highest BCUT2D eigenvalue weighted by atomic mass is 35.5. The molecule has 0 aliphatic carbocycles. The Morgan fingerprint density at radius 3 is 2.55 bits per heavy atom. The number of para-hydroxylation sites is 1. The molecule has 1 amide bonds. The van der Waals surface area contributed by atoms with E-state index in [0.717, 1.165) is 11.6 Å². The minimum absolute atomic E-state index is 0.0832. The van der Waals surface area contributed by atoms with Crippen LogP contribution in [0.5, 0.6) is 11.5 Å². The van der Waals surface area contributed by atoms with Gasteiger partial charge in [0.15, 0.2) is 0 Å². The van der Waals surface area contributed by atoms with E-state index in [9.17, 15) is 15.0 Å². The Labute approximate surface area is 121 Å². The van der Waals surface area contributed by atoms with E-state index in [1.54, 1.807) is 12.1 Å². The van der Waals surface area contributed by atoms with E-state index in [-0.39, 0.29) is 22.4 Å². The molecule has 0 saturated carbocycles. The van der Waals surface area contributed by atoms with E-state index < -0.39 is 5.91 Å². The summed E-state index contributed by atoms with van der Waals surface area (Å²) in [5.74, 6) is -0.847. The monoisotopic (exact) mass is 291 g/mol. The maximum absolute atomic E-state index is 12.1. The number of phenols is 2. The van der Waals surface area contributed by atoms with Gasteiger partial charge >= 0.3 is 0 Å². The van der Waals surface area contributed by atoms with Crippen LogP contribution >= 0.6 is 11.6 Å². The predicted molar refractivity (Wildman–Crippen MR) is 78.4 cm³/mol. The Bertz CT molecular complexity index is 641. The SMILES string of the molecule is CC(Cl)c1ccccc1NC(=O)c1ccc(O)cc1O. The zero-order chi connectivity index (χ0) is 14.7. The number of halogens is 1. The number of phenolic OH excluding ortho intramolecular Hbond substituents is 2. The number of amides is 1. The molecule has 0 radical (unpaired) electrons. The van der Waals surface area contributed by atoms with E-state index in [4.69, 9.17) is 11.6 Å². The summed E-state index contributed by atoms with van der Waals surface area (Å²) in [6, 6.07) is 11.0. The van der Waals surface area contributed by atoms with Crippen molar-refractivity contribution in [2.24, 2.45) is 0 Å². The number of alkyl halides is 1. The first-order chi connectivity index (χ1) is 9.49. The smallest absolute Gasteiger partial charge is 0.259 e. The summed E-state index contributed by atoms with van der Waals surface area (Å²) in [7, 11) is 0. The van der Waals surface area contributed by atoms with Gasteiger partial charge in [0.25, 0.3) is 5.91 Å². The molecule has 1 atom stereocenters. The molecule has 1 unspecified atom stereocenters. The number of nitrogens with one attached hydrogen (secondary N) is 1. The summed E-state index contributed by atoms with van der Waals surface area (Å²) in [6.45, 7) is 1.81. The molecule has 2 aromatic carbocycles. The van der Waals surface area contributed by atoms with Crippen molar-refractivity contribution in [2.45, 2.75) is 12.3 Å². The van der Waals surface area contributed by atoms with Crippen LogP contribution in [0.1, 0.15) is 28.2 Å². The van der Waals surface area contributed by atoms with E-state index in [1.165, 1.54) is 12.1 Å². The molecule has 2 rings (SSSR count). The molecule has 3 N–H and O–H groups in total. The van der Waals surface area contributed by atoms with Crippen LogP contribution in [0.2, 0.25) is 0 Å². The van der Waals surface area contributed by atoms with Gasteiger partial charge in [-0.1, -0.05) is 18.2 Å². The molecule has 0 aliphatic rings. The van der Waals surface area contributed by atoms with Crippen LogP contribution in [0.15, 0.2) is 42.5 Å². The second-order valence-electron chi connectivity index (χ2n) is 4.36. The lowest BCUT2D eigenvalue weighted by atomic mass is 10.1. The highest BCUT2D eigenvalue weighted by Crippen LogP contribution is 2.29. The minimum atomic E-state index is -0.465. The maximum atomic E-state index is 12.1. The van der Waals surface area contributed by atoms with Gasteiger partial charge in [-0.2, -0.15) is 0 Å². The van der Waals surface area contributed by atoms with Crippen molar-refractivity contribution in [2.75, 3.05) is 5.32 Å². The molecule has 2 aromatic rings. The van der Waals surface area contributed by atoms with Crippen molar-refractivity contribution < 1.29 is 15.0 Å². The Kier molecular flexibility index (Phi) is 4.15. The van der Waals surface area contributed by atoms with Crippen LogP contribution in [0.4, 0.5) is 5.69 Å². The Hall–Kier alpha value is -2.20. The first kappa shape index (κ1) is 14.2. The zero-order valence-electron chi connectivity index (χ0n) is 10.8. The molecule has 0 bridgehead atoms. The number of aromatic hydroxyl groups is 2. The molecule has 0 fully saturated rings. The van der Waals surface area contributed by atoms with Gasteiger partial charge in [-0.3, -0.25) is 4.79 Å². The number of hydrogen-bond donors (Lipinski definition) is 3. The van der Waals surface area contributed by atoms with Gasteiger partial charge in [-0.25, -0.2) is 0 Å². The van der Waals surface area contributed by atoms with E-state index in [0.29, 0.717) is 5.69 Å². The lowest BCUT2D eigenvalue weighted by Crippen LogP contribution is -2.13. The van der Waals surface area contributed by atoms with Crippen molar-refractivity contribution in [3.8, 4) is 11.5 Å². The van der Waals surface area contributed by atoms with Gasteiger partial charge in [0, 0.05) is 11.8 Å². The summed E-state index contributed by atoms with van der Waals surface area (Å²) in [5, 5.41) is 21.3. The second kappa shape index (κ2) is 5.84. The van der Waals surface area contributed by atoms with Gasteiger partial charge in [0.2, 0.25) is 0 Å². The standard InChI is InChI=1S/C15H14ClNO3/c1-9(16)11-4-2-3-5-13(11)17-15(20)12-7-6-10(18)8-14(12)19/h2-9,18-19H,1H3,(H,17,20). The average Bonchev–Trinajstić information content (AvgIpc) is 2.38. The van der Waals surface area contributed by atoms with Crippen molar-refractivity contribution in [1.29, 1.82) is 0 Å². The van der Waals surface area contributed by atoms with Crippen LogP contribution in [-0.2, 0) is 0 Å². The van der Waals surface area contributed by atoms with Crippen molar-refractivity contribution in [1.82, 2.24) is 0 Å². The second-order valence-corrected chi connectivity index (χ2v) is 5.01. The van der Waals surface area contributed by atoms with Crippen molar-refractivity contribution in [3.05, 3.63) is 53.6 Å². The number of carbonyl (C=O) groups excluding carboxylic acids is 1. The third-order valence-corrected chi connectivity index (χ3v) is 3.10. The van der Waals surface area contributed by atoms with Crippen LogP contribution in [0.25, 0.3) is 0 Å². The maximum Gasteiger partial charge on any atom is 0.259 e. The van der Waals surface area contributed by atoms with Gasteiger partial charge in [-0.05, 0) is 30.7 Å². The molecular weight excluding hydrogens is 278 g/mol. The molecule has 0 heterocycles. The fourth-order valence-corrected chi connectivity index (χ4v) is 2.05. The first-order valence-electron chi connectivity index (χ1n) is 6.05. The molecule has 5 heteroatoms. The van der Waals surface area contributed by atoms with Crippen molar-refractivity contribution >= 4 is 23.2 Å². The fourth-order valence-electron chi connectivity index (χ4n) is 1.86. The summed E-state index contributed by atoms with van der Waals surface area (Å²) in [6.07, 6.45) is 0. The molecule has 104 valence electrons. The number of hydrogen-bond acceptors (Lipinski definition) is 3. The van der Waals surface area contributed by atoms with Crippen LogP contribution in [0, 0.1) is 0 Å². The summed E-state index contributed by atoms with van der Waals surface area (Å²) in [4.78, 5) is 12.1. The number of carbonyl (C=O) groups is 1. The summed E-state index contributed by atoms with van der Waals surface area (Å²) in [5.41, 5.74) is 1.47. The summed E-state index contributed by atoms with van der Waals surface area (Å²) < 4.78 is 0. The molecule has 4 nitrogen and oxygen atoms in total. The summed E-state index contributed by atoms with van der Waals surface area (Å²) >= 11 is 6.06. The fraction of sp³-hybridized carbons (Fsp3) is 0.133. The van der Waals surface area contributed by atoms with E-state index in [1.807, 2.05) is 19.1 Å². The predicted octanol–water partition coefficient (Wildman–Crippen LogP) is 3.65.